The molecule has 1 unspecified atom stereocenters. The SMILES string of the molecule is Cc1ccc(C(=O)NC(C)Cc2ccc(Cl)cc2Cl)cn1. The van der Waals surface area contributed by atoms with Crippen LogP contribution in [0.5, 0.6) is 0 Å². The molecule has 0 saturated heterocycles. The number of nitrogens with one attached hydrogen (secondary N) is 1. The third-order valence-corrected chi connectivity index (χ3v) is 3.68. The molecule has 0 saturated carbocycles. The molecule has 3 nitrogen and oxygen atoms in total. The molecule has 2 rings (SSSR count). The van der Waals surface area contributed by atoms with Gasteiger partial charge in [0.1, 0.15) is 0 Å². The van der Waals surface area contributed by atoms with Gasteiger partial charge in [0.15, 0.2) is 0 Å². The maximum atomic E-state index is 12.1. The lowest BCUT2D eigenvalue weighted by Gasteiger charge is -2.15. The lowest BCUT2D eigenvalue weighted by atomic mass is 10.1. The maximum absolute atomic E-state index is 12.1. The Morgan fingerprint density at radius 3 is 2.67 bits per heavy atom. The van der Waals surface area contributed by atoms with Gasteiger partial charge in [-0.1, -0.05) is 29.3 Å². The van der Waals surface area contributed by atoms with Gasteiger partial charge in [-0.3, -0.25) is 9.78 Å². The van der Waals surface area contributed by atoms with E-state index < -0.39 is 0 Å². The Balaban J connectivity index is 1.99. The van der Waals surface area contributed by atoms with E-state index in [1.165, 1.54) is 0 Å². The fraction of sp³-hybridized carbons (Fsp3) is 0.250. The van der Waals surface area contributed by atoms with Gasteiger partial charge in [-0.15, -0.1) is 0 Å². The van der Waals surface area contributed by atoms with Crippen molar-refractivity contribution in [3.05, 3.63) is 63.4 Å². The van der Waals surface area contributed by atoms with Gasteiger partial charge in [0, 0.05) is 28.0 Å². The molecule has 0 radical (unpaired) electrons. The number of carbonyl (C=O) groups excluding carboxylic acids is 1. The first-order chi connectivity index (χ1) is 9.95. The molecule has 1 heterocycles. The fourth-order valence-electron chi connectivity index (χ4n) is 1.98. The van der Waals surface area contributed by atoms with Crippen LogP contribution in [0.2, 0.25) is 10.0 Å². The number of aromatic nitrogens is 1. The molecule has 110 valence electrons. The third-order valence-electron chi connectivity index (χ3n) is 3.09. The van der Waals surface area contributed by atoms with Crippen LogP contribution in [0.3, 0.4) is 0 Å². The number of benzene rings is 1. The number of rotatable bonds is 4. The summed E-state index contributed by atoms with van der Waals surface area (Å²) in [6.45, 7) is 3.82. The summed E-state index contributed by atoms with van der Waals surface area (Å²) in [5.74, 6) is -0.139. The number of hydrogen-bond donors (Lipinski definition) is 1. The highest BCUT2D eigenvalue weighted by Gasteiger charge is 2.12. The van der Waals surface area contributed by atoms with Gasteiger partial charge in [-0.05, 0) is 50.1 Å². The van der Waals surface area contributed by atoms with Crippen molar-refractivity contribution < 1.29 is 4.79 Å². The quantitative estimate of drug-likeness (QED) is 0.922. The second-order valence-electron chi connectivity index (χ2n) is 5.00. The molecule has 0 bridgehead atoms. The van der Waals surface area contributed by atoms with Gasteiger partial charge >= 0.3 is 0 Å². The topological polar surface area (TPSA) is 42.0 Å². The normalized spacial score (nSPS) is 12.0. The van der Waals surface area contributed by atoms with E-state index in [-0.39, 0.29) is 11.9 Å². The van der Waals surface area contributed by atoms with Crippen molar-refractivity contribution in [2.24, 2.45) is 0 Å². The number of halogens is 2. The fourth-order valence-corrected chi connectivity index (χ4v) is 2.46. The summed E-state index contributed by atoms with van der Waals surface area (Å²) >= 11 is 12.0. The number of carbonyl (C=O) groups is 1. The van der Waals surface area contributed by atoms with Crippen molar-refractivity contribution in [1.29, 1.82) is 0 Å². The average Bonchev–Trinajstić information content (AvgIpc) is 2.42. The van der Waals surface area contributed by atoms with Crippen LogP contribution in [0.25, 0.3) is 0 Å². The van der Waals surface area contributed by atoms with Crippen molar-refractivity contribution in [2.45, 2.75) is 26.3 Å². The highest BCUT2D eigenvalue weighted by atomic mass is 35.5. The van der Waals surface area contributed by atoms with Gasteiger partial charge in [-0.2, -0.15) is 0 Å². The Labute approximate surface area is 134 Å². The number of pyridine rings is 1. The summed E-state index contributed by atoms with van der Waals surface area (Å²) in [5.41, 5.74) is 2.39. The highest BCUT2D eigenvalue weighted by molar-refractivity contribution is 6.35. The summed E-state index contributed by atoms with van der Waals surface area (Å²) in [6, 6.07) is 8.91. The van der Waals surface area contributed by atoms with Crippen molar-refractivity contribution in [3.8, 4) is 0 Å². The van der Waals surface area contributed by atoms with Crippen LogP contribution in [0.1, 0.15) is 28.5 Å². The van der Waals surface area contributed by atoms with Crippen LogP contribution in [0.4, 0.5) is 0 Å². The molecule has 0 aliphatic carbocycles. The Hall–Kier alpha value is -1.58. The van der Waals surface area contributed by atoms with E-state index in [0.29, 0.717) is 22.0 Å². The smallest absolute Gasteiger partial charge is 0.253 e. The van der Waals surface area contributed by atoms with Crippen molar-refractivity contribution in [3.63, 3.8) is 0 Å². The second kappa shape index (κ2) is 6.92. The number of amides is 1. The van der Waals surface area contributed by atoms with Gasteiger partial charge < -0.3 is 5.32 Å². The molecule has 1 N–H and O–H groups in total. The Kier molecular flexibility index (Phi) is 5.21. The van der Waals surface area contributed by atoms with Crippen LogP contribution in [0.15, 0.2) is 36.5 Å². The summed E-state index contributed by atoms with van der Waals surface area (Å²) in [7, 11) is 0. The lowest BCUT2D eigenvalue weighted by molar-refractivity contribution is 0.0939. The van der Waals surface area contributed by atoms with Crippen LogP contribution in [0, 0.1) is 6.92 Å². The Morgan fingerprint density at radius 2 is 2.05 bits per heavy atom. The Bertz CT molecular complexity index is 641. The Morgan fingerprint density at radius 1 is 1.29 bits per heavy atom. The number of aryl methyl sites for hydroxylation is 1. The van der Waals surface area contributed by atoms with Gasteiger partial charge in [0.05, 0.1) is 5.56 Å². The third kappa shape index (κ3) is 4.45. The molecular weight excluding hydrogens is 307 g/mol. The summed E-state index contributed by atoms with van der Waals surface area (Å²) < 4.78 is 0. The van der Waals surface area contributed by atoms with E-state index in [0.717, 1.165) is 11.3 Å². The molecule has 0 aliphatic rings. The molecule has 21 heavy (non-hydrogen) atoms. The summed E-state index contributed by atoms with van der Waals surface area (Å²) in [4.78, 5) is 16.2. The molecule has 1 atom stereocenters. The van der Waals surface area contributed by atoms with E-state index in [4.69, 9.17) is 23.2 Å². The van der Waals surface area contributed by atoms with E-state index >= 15 is 0 Å². The standard InChI is InChI=1S/C16H16Cl2N2O/c1-10-3-4-13(9-19-10)16(21)20-11(2)7-12-5-6-14(17)8-15(12)18/h3-6,8-9,11H,7H2,1-2H3,(H,20,21). The van der Waals surface area contributed by atoms with E-state index in [2.05, 4.69) is 10.3 Å². The maximum Gasteiger partial charge on any atom is 0.253 e. The monoisotopic (exact) mass is 322 g/mol. The zero-order chi connectivity index (χ0) is 15.4. The van der Waals surface area contributed by atoms with E-state index in [1.807, 2.05) is 26.0 Å². The minimum absolute atomic E-state index is 0.0440. The van der Waals surface area contributed by atoms with Gasteiger partial charge in [0.2, 0.25) is 0 Å². The number of hydrogen-bond acceptors (Lipinski definition) is 2. The minimum Gasteiger partial charge on any atom is -0.349 e. The molecular formula is C16H16Cl2N2O. The first-order valence-electron chi connectivity index (χ1n) is 6.63. The van der Waals surface area contributed by atoms with E-state index in [1.54, 1.807) is 24.4 Å². The molecule has 1 amide bonds. The summed E-state index contributed by atoms with van der Waals surface area (Å²) in [6.07, 6.45) is 2.22. The average molecular weight is 323 g/mol. The molecule has 1 aromatic heterocycles. The molecule has 1 aromatic carbocycles. The van der Waals surface area contributed by atoms with Crippen LogP contribution in [-0.2, 0) is 6.42 Å². The van der Waals surface area contributed by atoms with Crippen LogP contribution in [-0.4, -0.2) is 16.9 Å². The zero-order valence-electron chi connectivity index (χ0n) is 11.9. The van der Waals surface area contributed by atoms with Crippen molar-refractivity contribution >= 4 is 29.1 Å². The molecule has 2 aromatic rings. The highest BCUT2D eigenvalue weighted by Crippen LogP contribution is 2.22. The predicted molar refractivity (Wildman–Crippen MR) is 86.1 cm³/mol. The zero-order valence-corrected chi connectivity index (χ0v) is 13.4. The van der Waals surface area contributed by atoms with Crippen molar-refractivity contribution in [2.75, 3.05) is 0 Å². The first-order valence-corrected chi connectivity index (χ1v) is 7.39. The molecule has 0 aliphatic heterocycles. The van der Waals surface area contributed by atoms with Gasteiger partial charge in [-0.25, -0.2) is 0 Å². The second-order valence-corrected chi connectivity index (χ2v) is 5.85. The molecule has 0 spiro atoms. The number of nitrogens with zero attached hydrogens (tertiary/aromatic N) is 1. The van der Waals surface area contributed by atoms with Crippen molar-refractivity contribution in [1.82, 2.24) is 10.3 Å². The summed E-state index contributed by atoms with van der Waals surface area (Å²) in [5, 5.41) is 4.15. The first kappa shape index (κ1) is 15.8. The van der Waals surface area contributed by atoms with Crippen LogP contribution < -0.4 is 5.32 Å². The van der Waals surface area contributed by atoms with Crippen LogP contribution >= 0.6 is 23.2 Å². The largest absolute Gasteiger partial charge is 0.349 e. The minimum atomic E-state index is -0.139. The molecule has 5 heteroatoms. The molecule has 0 fully saturated rings. The van der Waals surface area contributed by atoms with E-state index in [9.17, 15) is 4.79 Å². The predicted octanol–water partition coefficient (Wildman–Crippen LogP) is 4.06. The van der Waals surface area contributed by atoms with Gasteiger partial charge in [0.25, 0.3) is 5.91 Å². The lowest BCUT2D eigenvalue weighted by Crippen LogP contribution is -2.34.